The normalized spacial score (nSPS) is 14.6. The standard InChI is InChI=1S/C27H29N9O/c1-16(2)27(37)30-19-12-18(14-28-15-19)17-4-5-21-20(13-17)23(34-33-21)26-31-24-22(6-7-29-25(24)32-26)36-10-8-35(3)9-11-36/h4-7,12-16H,8-11H2,1-3H3,(H,30,37)(H,33,34)(H,29,31,32). The topological polar surface area (TPSA) is 119 Å². The van der Waals surface area contributed by atoms with E-state index in [1.54, 1.807) is 12.4 Å². The predicted molar refractivity (Wildman–Crippen MR) is 145 cm³/mol. The zero-order chi connectivity index (χ0) is 25.5. The minimum atomic E-state index is -0.108. The molecule has 0 saturated carbocycles. The highest BCUT2D eigenvalue weighted by Gasteiger charge is 2.20. The van der Waals surface area contributed by atoms with Gasteiger partial charge in [-0.3, -0.25) is 14.9 Å². The van der Waals surface area contributed by atoms with Crippen LogP contribution < -0.4 is 10.2 Å². The Labute approximate surface area is 214 Å². The molecule has 188 valence electrons. The largest absolute Gasteiger partial charge is 0.367 e. The molecule has 3 N–H and O–H groups in total. The smallest absolute Gasteiger partial charge is 0.226 e. The molecule has 0 atom stereocenters. The van der Waals surface area contributed by atoms with E-state index < -0.39 is 0 Å². The Balaban J connectivity index is 1.36. The predicted octanol–water partition coefficient (Wildman–Crippen LogP) is 3.91. The molecule has 1 aliphatic rings. The van der Waals surface area contributed by atoms with Gasteiger partial charge in [0, 0.05) is 55.4 Å². The number of fused-ring (bicyclic) bond motifs is 2. The zero-order valence-electron chi connectivity index (χ0n) is 21.1. The number of imidazole rings is 1. The Kier molecular flexibility index (Phi) is 5.80. The van der Waals surface area contributed by atoms with Crippen molar-refractivity contribution in [3.05, 3.63) is 48.9 Å². The van der Waals surface area contributed by atoms with Gasteiger partial charge in [-0.2, -0.15) is 5.10 Å². The monoisotopic (exact) mass is 495 g/mol. The van der Waals surface area contributed by atoms with Crippen molar-refractivity contribution in [3.63, 3.8) is 0 Å². The third-order valence-corrected chi connectivity index (χ3v) is 6.86. The Bertz CT molecular complexity index is 1590. The third-order valence-electron chi connectivity index (χ3n) is 6.86. The Morgan fingerprint density at radius 1 is 1.05 bits per heavy atom. The molecule has 6 rings (SSSR count). The molecule has 4 aromatic heterocycles. The van der Waals surface area contributed by atoms with E-state index in [0.29, 0.717) is 11.5 Å². The molecule has 1 saturated heterocycles. The second kappa shape index (κ2) is 9.29. The number of aromatic nitrogens is 6. The number of nitrogens with zero attached hydrogens (tertiary/aromatic N) is 6. The first-order chi connectivity index (χ1) is 18.0. The van der Waals surface area contributed by atoms with Crippen LogP contribution in [0.1, 0.15) is 13.8 Å². The fourth-order valence-electron chi connectivity index (χ4n) is 4.64. The lowest BCUT2D eigenvalue weighted by atomic mass is 10.0. The van der Waals surface area contributed by atoms with Crippen LogP contribution in [-0.4, -0.2) is 74.2 Å². The maximum absolute atomic E-state index is 12.1. The second-order valence-electron chi connectivity index (χ2n) is 9.84. The maximum atomic E-state index is 12.1. The van der Waals surface area contributed by atoms with Gasteiger partial charge >= 0.3 is 0 Å². The second-order valence-corrected chi connectivity index (χ2v) is 9.84. The Hall–Kier alpha value is -4.31. The lowest BCUT2D eigenvalue weighted by Gasteiger charge is -2.33. The van der Waals surface area contributed by atoms with Crippen molar-refractivity contribution >= 4 is 39.3 Å². The van der Waals surface area contributed by atoms with Gasteiger partial charge < -0.3 is 20.1 Å². The van der Waals surface area contributed by atoms with E-state index in [4.69, 9.17) is 4.98 Å². The molecule has 5 heterocycles. The van der Waals surface area contributed by atoms with Gasteiger partial charge in [0.05, 0.1) is 23.1 Å². The van der Waals surface area contributed by atoms with Gasteiger partial charge in [-0.1, -0.05) is 19.9 Å². The quantitative estimate of drug-likeness (QED) is 0.338. The fraction of sp³-hybridized carbons (Fsp3) is 0.296. The summed E-state index contributed by atoms with van der Waals surface area (Å²) < 4.78 is 0. The van der Waals surface area contributed by atoms with Crippen LogP contribution in [0.5, 0.6) is 0 Å². The van der Waals surface area contributed by atoms with Crippen LogP contribution in [0.25, 0.3) is 44.7 Å². The van der Waals surface area contributed by atoms with Crippen LogP contribution in [0.4, 0.5) is 11.4 Å². The number of carbonyl (C=O) groups excluding carboxylic acids is 1. The van der Waals surface area contributed by atoms with Crippen LogP contribution in [0, 0.1) is 5.92 Å². The van der Waals surface area contributed by atoms with Crippen LogP contribution in [0.2, 0.25) is 0 Å². The van der Waals surface area contributed by atoms with Gasteiger partial charge in [-0.25, -0.2) is 9.97 Å². The van der Waals surface area contributed by atoms with Crippen LogP contribution >= 0.6 is 0 Å². The summed E-state index contributed by atoms with van der Waals surface area (Å²) in [6.07, 6.45) is 5.28. The number of nitrogens with one attached hydrogen (secondary N) is 3. The van der Waals surface area contributed by atoms with Gasteiger partial charge in [0.2, 0.25) is 5.91 Å². The van der Waals surface area contributed by atoms with Crippen molar-refractivity contribution in [2.75, 3.05) is 43.4 Å². The summed E-state index contributed by atoms with van der Waals surface area (Å²) in [7, 11) is 2.15. The summed E-state index contributed by atoms with van der Waals surface area (Å²) >= 11 is 0. The molecule has 1 aliphatic heterocycles. The SMILES string of the molecule is CC(C)C(=O)Nc1cncc(-c2ccc3[nH]nc(-c4nc5c(N6CCN(C)CC6)ccnc5[nH]4)c3c2)c1. The average molecular weight is 496 g/mol. The zero-order valence-corrected chi connectivity index (χ0v) is 21.1. The van der Waals surface area contributed by atoms with Crippen molar-refractivity contribution in [1.82, 2.24) is 35.0 Å². The molecule has 1 fully saturated rings. The number of benzene rings is 1. The first-order valence-corrected chi connectivity index (χ1v) is 12.5. The number of amides is 1. The van der Waals surface area contributed by atoms with E-state index in [1.807, 2.05) is 44.3 Å². The minimum absolute atomic E-state index is 0.0408. The molecular weight excluding hydrogens is 466 g/mol. The number of hydrogen-bond donors (Lipinski definition) is 3. The molecule has 37 heavy (non-hydrogen) atoms. The number of hydrogen-bond acceptors (Lipinski definition) is 7. The number of carbonyl (C=O) groups is 1. The molecule has 10 heteroatoms. The van der Waals surface area contributed by atoms with Gasteiger partial charge in [0.15, 0.2) is 11.5 Å². The fourth-order valence-corrected chi connectivity index (χ4v) is 4.64. The number of likely N-dealkylation sites (N-methyl/N-ethyl adjacent to an activating group) is 1. The first kappa shape index (κ1) is 23.1. The molecule has 0 aliphatic carbocycles. The summed E-state index contributed by atoms with van der Waals surface area (Å²) in [6.45, 7) is 7.68. The highest BCUT2D eigenvalue weighted by molar-refractivity contribution is 5.97. The summed E-state index contributed by atoms with van der Waals surface area (Å²) in [5.74, 6) is 0.521. The van der Waals surface area contributed by atoms with Crippen molar-refractivity contribution in [3.8, 4) is 22.6 Å². The Morgan fingerprint density at radius 2 is 1.89 bits per heavy atom. The van der Waals surface area contributed by atoms with E-state index in [0.717, 1.165) is 70.8 Å². The third kappa shape index (κ3) is 4.40. The lowest BCUT2D eigenvalue weighted by Crippen LogP contribution is -2.44. The number of rotatable bonds is 5. The summed E-state index contributed by atoms with van der Waals surface area (Å²) in [5.41, 5.74) is 6.87. The van der Waals surface area contributed by atoms with Crippen molar-refractivity contribution in [2.24, 2.45) is 5.92 Å². The van der Waals surface area contributed by atoms with Crippen molar-refractivity contribution < 1.29 is 4.79 Å². The number of piperazine rings is 1. The Morgan fingerprint density at radius 3 is 2.70 bits per heavy atom. The van der Waals surface area contributed by atoms with E-state index in [1.165, 1.54) is 0 Å². The molecular formula is C27H29N9O. The number of aromatic amines is 2. The first-order valence-electron chi connectivity index (χ1n) is 12.5. The minimum Gasteiger partial charge on any atom is -0.367 e. The number of H-pyrrole nitrogens is 2. The maximum Gasteiger partial charge on any atom is 0.226 e. The molecule has 10 nitrogen and oxygen atoms in total. The van der Waals surface area contributed by atoms with E-state index in [-0.39, 0.29) is 11.8 Å². The van der Waals surface area contributed by atoms with Crippen LogP contribution in [-0.2, 0) is 4.79 Å². The highest BCUT2D eigenvalue weighted by Crippen LogP contribution is 2.32. The molecule has 0 bridgehead atoms. The number of pyridine rings is 2. The van der Waals surface area contributed by atoms with Crippen LogP contribution in [0.3, 0.4) is 0 Å². The van der Waals surface area contributed by atoms with E-state index >= 15 is 0 Å². The van der Waals surface area contributed by atoms with Gasteiger partial charge in [-0.15, -0.1) is 0 Å². The number of anilines is 2. The van der Waals surface area contributed by atoms with Gasteiger partial charge in [0.1, 0.15) is 11.2 Å². The molecule has 0 radical (unpaired) electrons. The molecule has 1 aromatic carbocycles. The van der Waals surface area contributed by atoms with Gasteiger partial charge in [0.25, 0.3) is 0 Å². The summed E-state index contributed by atoms with van der Waals surface area (Å²) in [5, 5.41) is 11.6. The van der Waals surface area contributed by atoms with Crippen LogP contribution in [0.15, 0.2) is 48.9 Å². The molecule has 5 aromatic rings. The van der Waals surface area contributed by atoms with Crippen molar-refractivity contribution in [2.45, 2.75) is 13.8 Å². The molecule has 0 unspecified atom stereocenters. The van der Waals surface area contributed by atoms with Gasteiger partial charge in [-0.05, 0) is 36.9 Å². The van der Waals surface area contributed by atoms with E-state index in [2.05, 4.69) is 53.4 Å². The highest BCUT2D eigenvalue weighted by atomic mass is 16.1. The molecule has 0 spiro atoms. The lowest BCUT2D eigenvalue weighted by molar-refractivity contribution is -0.118. The van der Waals surface area contributed by atoms with Crippen molar-refractivity contribution in [1.29, 1.82) is 0 Å². The molecule has 1 amide bonds. The van der Waals surface area contributed by atoms with E-state index in [9.17, 15) is 4.79 Å². The summed E-state index contributed by atoms with van der Waals surface area (Å²) in [4.78, 5) is 34.0. The summed E-state index contributed by atoms with van der Waals surface area (Å²) in [6, 6.07) is 10.1. The average Bonchev–Trinajstić information content (AvgIpc) is 3.53.